The molecule has 9 nitrogen and oxygen atoms in total. The number of fused-ring (bicyclic) bond motifs is 5. The standard InChI is InChI=1S/C32H58N2O7S/c1-21(8-11-29(38)33-14-6-15-34(4,5)16-7-17-42(39,40)41)24-9-10-25-30-26(20-28(37)32(24,25)3)31(2)13-12-23(35)18-22(31)19-27(30)36/h21-28,30,35-37H,6-20H2,1-5H3,(H-,33,38,39,40,41)/t21-,22?,23+,24-,25+,26-,27+,28-,30-,31-,32+/m0/s1. The predicted molar refractivity (Wildman–Crippen MR) is 161 cm³/mol. The van der Waals surface area contributed by atoms with Crippen LogP contribution in [0.1, 0.15) is 91.4 Å². The molecule has 244 valence electrons. The monoisotopic (exact) mass is 614 g/mol. The molecule has 4 aliphatic rings. The second kappa shape index (κ2) is 12.9. The average Bonchev–Trinajstić information content (AvgIpc) is 3.24. The lowest BCUT2D eigenvalue weighted by Gasteiger charge is -2.63. The molecule has 4 rings (SSSR count). The number of amides is 1. The van der Waals surface area contributed by atoms with Gasteiger partial charge >= 0.3 is 0 Å². The van der Waals surface area contributed by atoms with Gasteiger partial charge < -0.3 is 29.7 Å². The van der Waals surface area contributed by atoms with Gasteiger partial charge in [-0.15, -0.1) is 0 Å². The highest BCUT2D eigenvalue weighted by Gasteiger charge is 2.65. The molecule has 0 spiro atoms. The van der Waals surface area contributed by atoms with Crippen molar-refractivity contribution in [1.82, 2.24) is 5.32 Å². The van der Waals surface area contributed by atoms with Gasteiger partial charge in [0.1, 0.15) is 0 Å². The Bertz CT molecular complexity index is 1050. The summed E-state index contributed by atoms with van der Waals surface area (Å²) in [6, 6.07) is 0. The van der Waals surface area contributed by atoms with Crippen LogP contribution in [0.2, 0.25) is 0 Å². The van der Waals surface area contributed by atoms with Crippen molar-refractivity contribution in [2.75, 3.05) is 39.5 Å². The van der Waals surface area contributed by atoms with Crippen LogP contribution in [0.4, 0.5) is 0 Å². The number of nitrogens with zero attached hydrogens (tertiary/aromatic N) is 1. The molecule has 0 bridgehead atoms. The van der Waals surface area contributed by atoms with Crippen molar-refractivity contribution in [3.05, 3.63) is 0 Å². The molecule has 0 aromatic heterocycles. The van der Waals surface area contributed by atoms with E-state index in [2.05, 4.69) is 26.1 Å². The molecule has 1 unspecified atom stereocenters. The quantitative estimate of drug-likeness (QED) is 0.150. The summed E-state index contributed by atoms with van der Waals surface area (Å²) < 4.78 is 33.1. The molecule has 11 atom stereocenters. The number of aliphatic hydroxyl groups excluding tert-OH is 3. The number of hydrogen-bond acceptors (Lipinski definition) is 7. The molecule has 0 heterocycles. The zero-order valence-corrected chi connectivity index (χ0v) is 27.4. The average molecular weight is 615 g/mol. The fraction of sp³-hybridized carbons (Fsp3) is 0.969. The van der Waals surface area contributed by atoms with Gasteiger partial charge in [-0.3, -0.25) is 4.79 Å². The van der Waals surface area contributed by atoms with E-state index in [0.717, 1.165) is 64.3 Å². The van der Waals surface area contributed by atoms with Crippen LogP contribution in [0, 0.1) is 46.3 Å². The normalized spacial score (nSPS) is 41.0. The molecule has 4 fully saturated rings. The van der Waals surface area contributed by atoms with E-state index >= 15 is 0 Å². The maximum Gasteiger partial charge on any atom is 0.220 e. The number of rotatable bonds is 12. The van der Waals surface area contributed by atoms with E-state index in [1.807, 2.05) is 14.1 Å². The van der Waals surface area contributed by atoms with Crippen molar-refractivity contribution >= 4 is 16.0 Å². The van der Waals surface area contributed by atoms with Crippen LogP contribution in [-0.4, -0.2) is 96.5 Å². The maximum atomic E-state index is 12.7. The Morgan fingerprint density at radius 2 is 1.71 bits per heavy atom. The van der Waals surface area contributed by atoms with Gasteiger partial charge in [0.25, 0.3) is 0 Å². The summed E-state index contributed by atoms with van der Waals surface area (Å²) in [6.07, 6.45) is 7.35. The van der Waals surface area contributed by atoms with Crippen LogP contribution >= 0.6 is 0 Å². The first-order chi connectivity index (χ1) is 19.5. The van der Waals surface area contributed by atoms with Gasteiger partial charge in [-0.05, 0) is 97.7 Å². The topological polar surface area (TPSA) is 147 Å². The third-order valence-corrected chi connectivity index (χ3v) is 13.6. The van der Waals surface area contributed by atoms with Crippen LogP contribution in [0.15, 0.2) is 0 Å². The summed E-state index contributed by atoms with van der Waals surface area (Å²) in [6.45, 7) is 8.78. The second-order valence-corrected chi connectivity index (χ2v) is 17.3. The molecular formula is C32H58N2O7S. The fourth-order valence-corrected chi connectivity index (χ4v) is 10.8. The summed E-state index contributed by atoms with van der Waals surface area (Å²) in [5.74, 6) is 1.38. The Balaban J connectivity index is 1.27. The van der Waals surface area contributed by atoms with Crippen molar-refractivity contribution in [1.29, 1.82) is 0 Å². The summed E-state index contributed by atoms with van der Waals surface area (Å²) in [7, 11) is -0.177. The van der Waals surface area contributed by atoms with Gasteiger partial charge in [0.15, 0.2) is 0 Å². The molecule has 4 N–H and O–H groups in total. The predicted octanol–water partition coefficient (Wildman–Crippen LogP) is 2.88. The zero-order valence-electron chi connectivity index (χ0n) is 26.6. The highest BCUT2D eigenvalue weighted by molar-refractivity contribution is 7.85. The first-order valence-corrected chi connectivity index (χ1v) is 18.1. The lowest BCUT2D eigenvalue weighted by molar-refractivity contribution is -0.890. The van der Waals surface area contributed by atoms with E-state index in [1.165, 1.54) is 0 Å². The number of hydrogen-bond donors (Lipinski definition) is 4. The molecule has 0 aromatic rings. The Labute approximate surface area is 254 Å². The zero-order chi connectivity index (χ0) is 31.1. The molecule has 10 heteroatoms. The third kappa shape index (κ3) is 7.20. The SMILES string of the molecule is C[C@@H](CCC(=O)NCCC[N+](C)(C)CCCS(=O)(=O)[O-])[C@@H]1CC[C@@H]2[C@@H]3[C@H](O)CC4C[C@H](O)CC[C@]4(C)[C@H]3C[C@H](O)[C@@]21C. The first kappa shape index (κ1) is 34.1. The van der Waals surface area contributed by atoms with E-state index in [-0.39, 0.29) is 52.5 Å². The van der Waals surface area contributed by atoms with Crippen LogP contribution in [0.3, 0.4) is 0 Å². The number of nitrogens with one attached hydrogen (secondary N) is 1. The molecule has 42 heavy (non-hydrogen) atoms. The minimum Gasteiger partial charge on any atom is -0.748 e. The van der Waals surface area contributed by atoms with Gasteiger partial charge in [0.05, 0.1) is 55.6 Å². The fourth-order valence-electron chi connectivity index (χ4n) is 10.3. The third-order valence-electron chi connectivity index (χ3n) is 12.8. The van der Waals surface area contributed by atoms with Crippen LogP contribution in [0.25, 0.3) is 0 Å². The molecule has 1 amide bonds. The summed E-state index contributed by atoms with van der Waals surface area (Å²) in [5, 5.41) is 36.6. The van der Waals surface area contributed by atoms with E-state index in [0.29, 0.717) is 48.2 Å². The highest BCUT2D eigenvalue weighted by atomic mass is 32.2. The Morgan fingerprint density at radius 1 is 1.02 bits per heavy atom. The van der Waals surface area contributed by atoms with Crippen molar-refractivity contribution in [3.63, 3.8) is 0 Å². The van der Waals surface area contributed by atoms with Gasteiger partial charge in [-0.25, -0.2) is 8.42 Å². The molecule has 0 aliphatic heterocycles. The maximum absolute atomic E-state index is 12.7. The van der Waals surface area contributed by atoms with Crippen molar-refractivity contribution in [2.24, 2.45) is 46.3 Å². The second-order valence-electron chi connectivity index (χ2n) is 15.7. The Kier molecular flexibility index (Phi) is 10.5. The highest BCUT2D eigenvalue weighted by Crippen LogP contribution is 2.68. The largest absolute Gasteiger partial charge is 0.748 e. The van der Waals surface area contributed by atoms with Crippen molar-refractivity contribution in [3.8, 4) is 0 Å². The summed E-state index contributed by atoms with van der Waals surface area (Å²) in [5.41, 5.74) is -0.191. The molecule has 0 radical (unpaired) electrons. The van der Waals surface area contributed by atoms with Gasteiger partial charge in [0.2, 0.25) is 5.91 Å². The summed E-state index contributed by atoms with van der Waals surface area (Å²) >= 11 is 0. The minimum atomic E-state index is -4.18. The lowest BCUT2D eigenvalue weighted by Crippen LogP contribution is -2.62. The van der Waals surface area contributed by atoms with Crippen molar-refractivity contribution < 1.29 is 37.6 Å². The Morgan fingerprint density at radius 3 is 2.40 bits per heavy atom. The Hall–Kier alpha value is -0.780. The molecule has 0 aromatic carbocycles. The van der Waals surface area contributed by atoms with Crippen LogP contribution < -0.4 is 5.32 Å². The number of aliphatic hydroxyl groups is 3. The summed E-state index contributed by atoms with van der Waals surface area (Å²) in [4.78, 5) is 12.7. The number of carbonyl (C=O) groups excluding carboxylic acids is 1. The smallest absolute Gasteiger partial charge is 0.220 e. The molecule has 0 saturated heterocycles. The van der Waals surface area contributed by atoms with Gasteiger partial charge in [-0.2, -0.15) is 0 Å². The van der Waals surface area contributed by atoms with E-state index in [4.69, 9.17) is 0 Å². The molecule has 4 aliphatic carbocycles. The van der Waals surface area contributed by atoms with E-state index in [9.17, 15) is 33.1 Å². The van der Waals surface area contributed by atoms with Gasteiger partial charge in [0, 0.05) is 31.6 Å². The van der Waals surface area contributed by atoms with Gasteiger partial charge in [-0.1, -0.05) is 20.8 Å². The lowest BCUT2D eigenvalue weighted by atomic mass is 9.43. The van der Waals surface area contributed by atoms with E-state index in [1.54, 1.807) is 0 Å². The number of quaternary nitrogens is 1. The van der Waals surface area contributed by atoms with E-state index < -0.39 is 16.2 Å². The number of carbonyl (C=O) groups is 1. The van der Waals surface area contributed by atoms with Crippen molar-refractivity contribution in [2.45, 2.75) is 110 Å². The minimum absolute atomic E-state index is 0.0368. The first-order valence-electron chi connectivity index (χ1n) is 16.5. The van der Waals surface area contributed by atoms with Crippen LogP contribution in [0.5, 0.6) is 0 Å². The molecular weight excluding hydrogens is 556 g/mol. The van der Waals surface area contributed by atoms with Crippen LogP contribution in [-0.2, 0) is 14.9 Å². The molecule has 4 saturated carbocycles.